The molecule has 1 aliphatic heterocycles. The van der Waals surface area contributed by atoms with Crippen molar-refractivity contribution < 1.29 is 4.74 Å². The van der Waals surface area contributed by atoms with Gasteiger partial charge in [-0.25, -0.2) is 0 Å². The number of hydrogen-bond acceptors (Lipinski definition) is 6. The van der Waals surface area contributed by atoms with E-state index >= 15 is 0 Å². The maximum Gasteiger partial charge on any atom is 0.244 e. The van der Waals surface area contributed by atoms with Crippen molar-refractivity contribution in [3.05, 3.63) is 6.20 Å². The van der Waals surface area contributed by atoms with Gasteiger partial charge in [-0.15, -0.1) is 5.10 Å². The molecule has 18 heavy (non-hydrogen) atoms. The highest BCUT2D eigenvalue weighted by Gasteiger charge is 2.15. The van der Waals surface area contributed by atoms with Crippen LogP contribution >= 0.6 is 0 Å². The number of nitrogens with zero attached hydrogens (tertiary/aromatic N) is 3. The van der Waals surface area contributed by atoms with E-state index in [4.69, 9.17) is 4.74 Å². The highest BCUT2D eigenvalue weighted by Crippen LogP contribution is 2.12. The fourth-order valence-electron chi connectivity index (χ4n) is 1.78. The molecule has 0 spiro atoms. The third kappa shape index (κ3) is 4.10. The number of hydrogen-bond donors (Lipinski definition) is 2. The molecule has 1 atom stereocenters. The number of ether oxygens (including phenoxy) is 1. The van der Waals surface area contributed by atoms with E-state index in [2.05, 4.69) is 39.7 Å². The zero-order valence-electron chi connectivity index (χ0n) is 11.0. The van der Waals surface area contributed by atoms with E-state index in [-0.39, 0.29) is 0 Å². The molecule has 6 heteroatoms. The highest BCUT2D eigenvalue weighted by molar-refractivity contribution is 5.36. The molecular weight excluding hydrogens is 230 g/mol. The van der Waals surface area contributed by atoms with Gasteiger partial charge in [0.15, 0.2) is 5.82 Å². The first-order valence-corrected chi connectivity index (χ1v) is 6.53. The predicted octanol–water partition coefficient (Wildman–Crippen LogP) is 1.53. The van der Waals surface area contributed by atoms with Gasteiger partial charge in [0, 0.05) is 19.7 Å². The largest absolute Gasteiger partial charge is 0.376 e. The average molecular weight is 251 g/mol. The molecule has 6 nitrogen and oxygen atoms in total. The Labute approximate surface area is 108 Å². The molecule has 1 aliphatic rings. The van der Waals surface area contributed by atoms with Crippen molar-refractivity contribution in [2.45, 2.75) is 32.8 Å². The first kappa shape index (κ1) is 13.0. The second kappa shape index (κ2) is 6.49. The lowest BCUT2D eigenvalue weighted by Crippen LogP contribution is -2.19. The second-order valence-electron chi connectivity index (χ2n) is 4.96. The maximum atomic E-state index is 5.54. The lowest BCUT2D eigenvalue weighted by Gasteiger charge is -2.12. The van der Waals surface area contributed by atoms with E-state index in [0.29, 0.717) is 18.0 Å². The van der Waals surface area contributed by atoms with Crippen LogP contribution in [0.4, 0.5) is 11.8 Å². The van der Waals surface area contributed by atoms with Crippen LogP contribution in [0.2, 0.25) is 0 Å². The molecule has 0 radical (unpaired) electrons. The fraction of sp³-hybridized carbons (Fsp3) is 0.750. The van der Waals surface area contributed by atoms with Crippen LogP contribution in [0.25, 0.3) is 0 Å². The van der Waals surface area contributed by atoms with Crippen LogP contribution < -0.4 is 10.6 Å². The molecule has 1 fully saturated rings. The lowest BCUT2D eigenvalue weighted by molar-refractivity contribution is 0.120. The molecule has 2 N–H and O–H groups in total. The molecule has 0 saturated carbocycles. The number of aromatic nitrogens is 3. The summed E-state index contributed by atoms with van der Waals surface area (Å²) in [5.41, 5.74) is 0. The van der Waals surface area contributed by atoms with Crippen LogP contribution in [0.5, 0.6) is 0 Å². The van der Waals surface area contributed by atoms with Gasteiger partial charge in [-0.1, -0.05) is 13.8 Å². The first-order valence-electron chi connectivity index (χ1n) is 6.53. The smallest absolute Gasteiger partial charge is 0.244 e. The molecule has 1 unspecified atom stereocenters. The molecule has 0 aliphatic carbocycles. The van der Waals surface area contributed by atoms with Gasteiger partial charge in [0.25, 0.3) is 0 Å². The minimum atomic E-state index is 0.298. The van der Waals surface area contributed by atoms with Gasteiger partial charge in [0.1, 0.15) is 0 Å². The molecule has 0 bridgehead atoms. The summed E-state index contributed by atoms with van der Waals surface area (Å²) in [5, 5.41) is 14.3. The van der Waals surface area contributed by atoms with Crippen LogP contribution in [-0.4, -0.2) is 41.0 Å². The monoisotopic (exact) mass is 251 g/mol. The zero-order valence-corrected chi connectivity index (χ0v) is 11.0. The Morgan fingerprint density at radius 3 is 3.06 bits per heavy atom. The van der Waals surface area contributed by atoms with E-state index in [1.54, 1.807) is 6.20 Å². The quantitative estimate of drug-likeness (QED) is 0.799. The summed E-state index contributed by atoms with van der Waals surface area (Å²) in [6, 6.07) is 0. The van der Waals surface area contributed by atoms with Gasteiger partial charge in [0.05, 0.1) is 12.3 Å². The summed E-state index contributed by atoms with van der Waals surface area (Å²) in [6.45, 7) is 6.77. The molecule has 2 rings (SSSR count). The van der Waals surface area contributed by atoms with Crippen LogP contribution in [0, 0.1) is 5.92 Å². The standard InChI is InChI=1S/C12H21N5O/c1-9(2)6-14-12-16-11(8-15-17-12)13-7-10-4-3-5-18-10/h8-10H,3-7H2,1-2H3,(H2,13,14,16,17). The number of nitrogens with one attached hydrogen (secondary N) is 2. The molecule has 1 aromatic rings. The molecule has 100 valence electrons. The molecule has 1 saturated heterocycles. The predicted molar refractivity (Wildman–Crippen MR) is 70.6 cm³/mol. The Morgan fingerprint density at radius 1 is 1.44 bits per heavy atom. The molecule has 0 amide bonds. The van der Waals surface area contributed by atoms with E-state index in [9.17, 15) is 0 Å². The van der Waals surface area contributed by atoms with Gasteiger partial charge in [-0.3, -0.25) is 0 Å². The third-order valence-electron chi connectivity index (χ3n) is 2.76. The normalized spacial score (nSPS) is 19.2. The summed E-state index contributed by atoms with van der Waals surface area (Å²) >= 11 is 0. The van der Waals surface area contributed by atoms with E-state index < -0.39 is 0 Å². The Bertz CT molecular complexity index is 365. The molecular formula is C12H21N5O. The fourth-order valence-corrected chi connectivity index (χ4v) is 1.78. The zero-order chi connectivity index (χ0) is 12.8. The Hall–Kier alpha value is -1.43. The van der Waals surface area contributed by atoms with E-state index in [1.807, 2.05) is 0 Å². The van der Waals surface area contributed by atoms with Crippen LogP contribution in [0.1, 0.15) is 26.7 Å². The Balaban J connectivity index is 1.82. The number of anilines is 2. The van der Waals surface area contributed by atoms with E-state index in [0.717, 1.165) is 38.4 Å². The van der Waals surface area contributed by atoms with Crippen molar-refractivity contribution in [1.82, 2.24) is 15.2 Å². The highest BCUT2D eigenvalue weighted by atomic mass is 16.5. The maximum absolute atomic E-state index is 5.54. The Kier molecular flexibility index (Phi) is 4.69. The molecule has 0 aromatic carbocycles. The first-order chi connectivity index (χ1) is 8.74. The van der Waals surface area contributed by atoms with Crippen LogP contribution in [-0.2, 0) is 4.74 Å². The van der Waals surface area contributed by atoms with E-state index in [1.165, 1.54) is 0 Å². The lowest BCUT2D eigenvalue weighted by atomic mass is 10.2. The van der Waals surface area contributed by atoms with Crippen molar-refractivity contribution in [3.8, 4) is 0 Å². The van der Waals surface area contributed by atoms with Gasteiger partial charge in [-0.2, -0.15) is 10.1 Å². The summed E-state index contributed by atoms with van der Waals surface area (Å²) in [6.07, 6.45) is 4.20. The topological polar surface area (TPSA) is 72.0 Å². The average Bonchev–Trinajstić information content (AvgIpc) is 2.87. The molecule has 2 heterocycles. The van der Waals surface area contributed by atoms with Crippen LogP contribution in [0.15, 0.2) is 6.20 Å². The van der Waals surface area contributed by atoms with Crippen LogP contribution in [0.3, 0.4) is 0 Å². The minimum absolute atomic E-state index is 0.298. The minimum Gasteiger partial charge on any atom is -0.376 e. The SMILES string of the molecule is CC(C)CNc1nncc(NCC2CCCO2)n1. The molecule has 1 aromatic heterocycles. The summed E-state index contributed by atoms with van der Waals surface area (Å²) < 4.78 is 5.54. The van der Waals surface area contributed by atoms with Crippen molar-refractivity contribution >= 4 is 11.8 Å². The summed E-state index contributed by atoms with van der Waals surface area (Å²) in [5.74, 6) is 1.87. The third-order valence-corrected chi connectivity index (χ3v) is 2.76. The van der Waals surface area contributed by atoms with Gasteiger partial charge >= 0.3 is 0 Å². The Morgan fingerprint density at radius 2 is 2.33 bits per heavy atom. The van der Waals surface area contributed by atoms with Crippen molar-refractivity contribution in [1.29, 1.82) is 0 Å². The van der Waals surface area contributed by atoms with Gasteiger partial charge < -0.3 is 15.4 Å². The van der Waals surface area contributed by atoms with Crippen molar-refractivity contribution in [3.63, 3.8) is 0 Å². The van der Waals surface area contributed by atoms with Crippen molar-refractivity contribution in [2.24, 2.45) is 5.92 Å². The summed E-state index contributed by atoms with van der Waals surface area (Å²) in [7, 11) is 0. The summed E-state index contributed by atoms with van der Waals surface area (Å²) in [4.78, 5) is 4.35. The second-order valence-corrected chi connectivity index (χ2v) is 4.96. The van der Waals surface area contributed by atoms with Gasteiger partial charge in [-0.05, 0) is 18.8 Å². The van der Waals surface area contributed by atoms with Gasteiger partial charge in [0.2, 0.25) is 5.95 Å². The van der Waals surface area contributed by atoms with Crippen molar-refractivity contribution in [2.75, 3.05) is 30.3 Å². The number of rotatable bonds is 6.